The average molecular weight is 428 g/mol. The van der Waals surface area contributed by atoms with Gasteiger partial charge in [-0.1, -0.05) is 23.7 Å². The van der Waals surface area contributed by atoms with Crippen molar-refractivity contribution in [3.05, 3.63) is 69.8 Å². The normalized spacial score (nSPS) is 18.7. The molecule has 0 aliphatic carbocycles. The van der Waals surface area contributed by atoms with Crippen LogP contribution in [-0.4, -0.2) is 28.5 Å². The number of hydrogen-bond acceptors (Lipinski definition) is 6. The summed E-state index contributed by atoms with van der Waals surface area (Å²) >= 11 is 7.71. The zero-order valence-electron chi connectivity index (χ0n) is 15.8. The van der Waals surface area contributed by atoms with Crippen molar-refractivity contribution in [3.63, 3.8) is 0 Å². The van der Waals surface area contributed by atoms with E-state index in [1.807, 2.05) is 36.4 Å². The van der Waals surface area contributed by atoms with Gasteiger partial charge in [-0.3, -0.25) is 9.78 Å². The summed E-state index contributed by atoms with van der Waals surface area (Å²) in [6.45, 7) is 0.628. The lowest BCUT2D eigenvalue weighted by molar-refractivity contribution is -0.122. The molecule has 8 heteroatoms. The van der Waals surface area contributed by atoms with E-state index < -0.39 is 0 Å². The number of aromatic nitrogens is 2. The fourth-order valence-corrected chi connectivity index (χ4v) is 4.37. The van der Waals surface area contributed by atoms with Crippen LogP contribution < -0.4 is 16.2 Å². The Bertz CT molecular complexity index is 964. The van der Waals surface area contributed by atoms with Gasteiger partial charge < -0.3 is 5.32 Å². The second kappa shape index (κ2) is 9.45. The number of carbonyl (C=O) groups is 1. The Morgan fingerprint density at radius 1 is 1.24 bits per heavy atom. The highest BCUT2D eigenvalue weighted by atomic mass is 35.5. The molecule has 1 fully saturated rings. The van der Waals surface area contributed by atoms with Gasteiger partial charge in [-0.2, -0.15) is 0 Å². The number of rotatable bonds is 7. The summed E-state index contributed by atoms with van der Waals surface area (Å²) in [6.07, 6.45) is 5.93. The number of aryl methyl sites for hydroxylation is 1. The van der Waals surface area contributed by atoms with Crippen molar-refractivity contribution < 1.29 is 4.79 Å². The zero-order chi connectivity index (χ0) is 20.1. The van der Waals surface area contributed by atoms with Gasteiger partial charge in [0.1, 0.15) is 6.04 Å². The minimum atomic E-state index is -0.253. The van der Waals surface area contributed by atoms with E-state index in [-0.39, 0.29) is 18.0 Å². The van der Waals surface area contributed by atoms with Crippen molar-refractivity contribution in [1.29, 1.82) is 0 Å². The van der Waals surface area contributed by atoms with Crippen LogP contribution in [0.5, 0.6) is 0 Å². The number of pyridine rings is 1. The first-order valence-corrected chi connectivity index (χ1v) is 10.8. The Balaban J connectivity index is 1.20. The Morgan fingerprint density at radius 2 is 2.10 bits per heavy atom. The molecule has 2 aromatic heterocycles. The number of hydrazine groups is 1. The Hall–Kier alpha value is -2.32. The molecule has 150 valence electrons. The van der Waals surface area contributed by atoms with Crippen LogP contribution >= 0.6 is 22.9 Å². The van der Waals surface area contributed by atoms with E-state index >= 15 is 0 Å². The molecule has 3 N–H and O–H groups in total. The van der Waals surface area contributed by atoms with Gasteiger partial charge in [0.25, 0.3) is 0 Å². The molecule has 0 radical (unpaired) electrons. The maximum atomic E-state index is 12.4. The number of halogens is 1. The number of nitrogens with one attached hydrogen (secondary N) is 3. The van der Waals surface area contributed by atoms with E-state index in [1.54, 1.807) is 23.7 Å². The van der Waals surface area contributed by atoms with E-state index in [9.17, 15) is 4.79 Å². The van der Waals surface area contributed by atoms with Crippen LogP contribution in [-0.2, 0) is 11.2 Å². The van der Waals surface area contributed by atoms with Crippen LogP contribution in [0.25, 0.3) is 11.3 Å². The van der Waals surface area contributed by atoms with Crippen molar-refractivity contribution in [2.24, 2.45) is 0 Å². The monoisotopic (exact) mass is 427 g/mol. The molecule has 1 amide bonds. The minimum absolute atomic E-state index is 0.0126. The van der Waals surface area contributed by atoms with Crippen LogP contribution in [0.2, 0.25) is 5.02 Å². The molecule has 6 nitrogen and oxygen atoms in total. The summed E-state index contributed by atoms with van der Waals surface area (Å²) < 4.78 is 0. The first-order valence-electron chi connectivity index (χ1n) is 9.58. The number of nitrogens with zero attached hydrogens (tertiary/aromatic N) is 2. The number of hydrogen-bond donors (Lipinski definition) is 3. The van der Waals surface area contributed by atoms with Gasteiger partial charge in [0, 0.05) is 47.4 Å². The maximum absolute atomic E-state index is 12.4. The molecule has 0 bridgehead atoms. The second-order valence-corrected chi connectivity index (χ2v) is 8.32. The second-order valence-electron chi connectivity index (χ2n) is 6.94. The topological polar surface area (TPSA) is 78.9 Å². The number of amides is 1. The average Bonchev–Trinajstić information content (AvgIpc) is 3.42. The molecule has 0 spiro atoms. The van der Waals surface area contributed by atoms with Crippen molar-refractivity contribution >= 4 is 28.8 Å². The first kappa shape index (κ1) is 20.0. The van der Waals surface area contributed by atoms with Crippen LogP contribution in [0.4, 0.5) is 0 Å². The minimum Gasteiger partial charge on any atom is -0.355 e. The van der Waals surface area contributed by atoms with Crippen LogP contribution in [0.1, 0.15) is 29.5 Å². The Morgan fingerprint density at radius 3 is 2.93 bits per heavy atom. The van der Waals surface area contributed by atoms with Gasteiger partial charge in [0.2, 0.25) is 5.91 Å². The summed E-state index contributed by atoms with van der Waals surface area (Å²) in [5, 5.41) is 6.86. The summed E-state index contributed by atoms with van der Waals surface area (Å²) in [6, 6.07) is 11.4. The molecule has 2 unspecified atom stereocenters. The van der Waals surface area contributed by atoms with E-state index in [2.05, 4.69) is 31.5 Å². The molecule has 1 aromatic carbocycles. The lowest BCUT2D eigenvalue weighted by Crippen LogP contribution is -2.43. The summed E-state index contributed by atoms with van der Waals surface area (Å²) in [5.41, 5.74) is 9.40. The number of benzene rings is 1. The summed E-state index contributed by atoms with van der Waals surface area (Å²) in [4.78, 5) is 21.1. The van der Waals surface area contributed by atoms with Crippen molar-refractivity contribution in [2.75, 3.05) is 6.54 Å². The summed E-state index contributed by atoms with van der Waals surface area (Å²) in [5.74, 6) is 0.0126. The predicted molar refractivity (Wildman–Crippen MR) is 116 cm³/mol. The smallest absolute Gasteiger partial charge is 0.238 e. The van der Waals surface area contributed by atoms with Gasteiger partial charge in [-0.15, -0.1) is 11.3 Å². The van der Waals surface area contributed by atoms with E-state index in [4.69, 9.17) is 11.6 Å². The molecular weight excluding hydrogens is 406 g/mol. The molecule has 4 rings (SSSR count). The highest BCUT2D eigenvalue weighted by Crippen LogP contribution is 2.25. The highest BCUT2D eigenvalue weighted by Gasteiger charge is 2.29. The van der Waals surface area contributed by atoms with Crippen molar-refractivity contribution in [2.45, 2.75) is 31.3 Å². The van der Waals surface area contributed by atoms with Crippen molar-refractivity contribution in [1.82, 2.24) is 26.1 Å². The molecule has 1 saturated heterocycles. The fraction of sp³-hybridized carbons (Fsp3) is 0.286. The van der Waals surface area contributed by atoms with Crippen molar-refractivity contribution in [3.8, 4) is 11.3 Å². The molecule has 3 heterocycles. The molecule has 1 aliphatic heterocycles. The molecule has 1 aliphatic rings. The maximum Gasteiger partial charge on any atom is 0.238 e. The Labute approximate surface area is 178 Å². The highest BCUT2D eigenvalue weighted by molar-refractivity contribution is 7.09. The third-order valence-electron chi connectivity index (χ3n) is 4.87. The SMILES string of the molecule is O=C(NCCCc1nc(-c2ccncc2)cs1)C1CC(c2cccc(Cl)c2)NN1. The third kappa shape index (κ3) is 5.19. The predicted octanol–water partition coefficient (Wildman–Crippen LogP) is 3.52. The van der Waals surface area contributed by atoms with Crippen LogP contribution in [0.15, 0.2) is 54.2 Å². The quantitative estimate of drug-likeness (QED) is 0.503. The lowest BCUT2D eigenvalue weighted by atomic mass is 10.0. The Kier molecular flexibility index (Phi) is 6.51. The summed E-state index contributed by atoms with van der Waals surface area (Å²) in [7, 11) is 0. The molecule has 3 aromatic rings. The van der Waals surface area contributed by atoms with Gasteiger partial charge in [-0.05, 0) is 42.7 Å². The van der Waals surface area contributed by atoms with E-state index in [0.29, 0.717) is 18.0 Å². The fourth-order valence-electron chi connectivity index (χ4n) is 3.33. The molecular formula is C21H22ClN5OS. The zero-order valence-corrected chi connectivity index (χ0v) is 17.3. The van der Waals surface area contributed by atoms with Crippen LogP contribution in [0.3, 0.4) is 0 Å². The molecule has 29 heavy (non-hydrogen) atoms. The molecule has 0 saturated carbocycles. The van der Waals surface area contributed by atoms with E-state index in [0.717, 1.165) is 34.7 Å². The largest absolute Gasteiger partial charge is 0.355 e. The van der Waals surface area contributed by atoms with E-state index in [1.165, 1.54) is 0 Å². The van der Waals surface area contributed by atoms with Gasteiger partial charge in [0.05, 0.1) is 10.7 Å². The third-order valence-corrected chi connectivity index (χ3v) is 6.01. The van der Waals surface area contributed by atoms with Gasteiger partial charge >= 0.3 is 0 Å². The molecule has 2 atom stereocenters. The first-order chi connectivity index (χ1) is 14.2. The van der Waals surface area contributed by atoms with Gasteiger partial charge in [-0.25, -0.2) is 15.8 Å². The number of thiazole rings is 1. The standard InChI is InChI=1S/C21H22ClN5OS/c22-16-4-1-3-15(11-16)17-12-18(27-26-17)21(28)24-8-2-5-20-25-19(13-29-20)14-6-9-23-10-7-14/h1,3-4,6-7,9-11,13,17-18,26-27H,2,5,8,12H2,(H,24,28). The number of carbonyl (C=O) groups excluding carboxylic acids is 1. The van der Waals surface area contributed by atoms with Gasteiger partial charge in [0.15, 0.2) is 0 Å². The van der Waals surface area contributed by atoms with Crippen LogP contribution in [0, 0.1) is 0 Å². The lowest BCUT2D eigenvalue weighted by Gasteiger charge is -2.10.